The molecule has 0 aromatic heterocycles. The molecule has 4 atom stereocenters. The van der Waals surface area contributed by atoms with Crippen LogP contribution in [0.1, 0.15) is 25.0 Å². The zero-order valence-electron chi connectivity index (χ0n) is 18.4. The fourth-order valence-corrected chi connectivity index (χ4v) is 6.36. The number of nitrogens with zero attached hydrogens (tertiary/aromatic N) is 1. The quantitative estimate of drug-likeness (QED) is 0.690. The summed E-state index contributed by atoms with van der Waals surface area (Å²) in [6.07, 6.45) is -1.22. The molecule has 2 N–H and O–H groups in total. The summed E-state index contributed by atoms with van der Waals surface area (Å²) >= 11 is 0. The molecule has 33 heavy (non-hydrogen) atoms. The number of allylic oxidation sites excluding steroid dienone is 2. The number of hydrogen-bond donors (Lipinski definition) is 2. The number of Topliss-reactive ketones (excluding diaryl/α,β-unsaturated/α-hetero) is 1. The van der Waals surface area contributed by atoms with Crippen LogP contribution in [0.25, 0.3) is 11.1 Å². The van der Waals surface area contributed by atoms with Crippen molar-refractivity contribution in [3.05, 3.63) is 71.8 Å². The minimum Gasteiger partial charge on any atom is -0.465 e. The molecule has 3 aliphatic rings. The number of carboxylic acid groups (broad SMARTS) is 1. The highest BCUT2D eigenvalue weighted by Gasteiger charge is 2.78. The number of rotatable bonds is 5. The number of ketones is 1. The number of imide groups is 1. The van der Waals surface area contributed by atoms with E-state index in [1.54, 1.807) is 13.8 Å². The number of carbonyl (C=O) groups is 4. The first-order valence-corrected chi connectivity index (χ1v) is 11.0. The molecular formula is C26H24N2O5. The van der Waals surface area contributed by atoms with Crippen molar-refractivity contribution in [1.29, 1.82) is 0 Å². The minimum atomic E-state index is -1.22. The monoisotopic (exact) mass is 444 g/mol. The third-order valence-electron chi connectivity index (χ3n) is 7.61. The minimum absolute atomic E-state index is 0.0569. The topological polar surface area (TPSA) is 104 Å². The first-order chi connectivity index (χ1) is 15.7. The van der Waals surface area contributed by atoms with E-state index in [2.05, 4.69) is 5.32 Å². The standard InChI is InChI=1S/C26H24N2O5/c1-25-17(15-9-5-3-6-10-15)18(16-11-7-4-8-12-16)26(2,23(25)31)20-19(25)21(29)28(22(20)30)14-13-27-24(32)33/h3-12,19-20,27H,13-14H2,1-2H3,(H,32,33). The Kier molecular flexibility index (Phi) is 4.57. The van der Waals surface area contributed by atoms with E-state index in [1.807, 2.05) is 60.7 Å². The molecule has 4 unspecified atom stereocenters. The lowest BCUT2D eigenvalue weighted by molar-refractivity contribution is -0.144. The van der Waals surface area contributed by atoms with Gasteiger partial charge in [-0.15, -0.1) is 0 Å². The molecule has 168 valence electrons. The van der Waals surface area contributed by atoms with Gasteiger partial charge < -0.3 is 10.4 Å². The summed E-state index contributed by atoms with van der Waals surface area (Å²) in [5.74, 6) is -2.53. The number of carbonyl (C=O) groups excluding carboxylic acids is 3. The average molecular weight is 444 g/mol. The van der Waals surface area contributed by atoms with Crippen LogP contribution in [-0.2, 0) is 14.4 Å². The van der Waals surface area contributed by atoms with Crippen LogP contribution < -0.4 is 5.32 Å². The Morgan fingerprint density at radius 3 is 1.67 bits per heavy atom. The van der Waals surface area contributed by atoms with Gasteiger partial charge in [-0.2, -0.15) is 0 Å². The maximum absolute atomic E-state index is 14.0. The lowest BCUT2D eigenvalue weighted by atomic mass is 9.63. The Morgan fingerprint density at radius 1 is 0.848 bits per heavy atom. The van der Waals surface area contributed by atoms with E-state index in [1.165, 1.54) is 0 Å². The smallest absolute Gasteiger partial charge is 0.404 e. The molecule has 3 amide bonds. The second kappa shape index (κ2) is 7.13. The number of fused-ring (bicyclic) bond motifs is 5. The third kappa shape index (κ3) is 2.62. The van der Waals surface area contributed by atoms with E-state index in [0.29, 0.717) is 0 Å². The van der Waals surface area contributed by atoms with Gasteiger partial charge in [-0.3, -0.25) is 19.3 Å². The normalized spacial score (nSPS) is 30.2. The summed E-state index contributed by atoms with van der Waals surface area (Å²) in [6.45, 7) is 3.47. The van der Waals surface area contributed by atoms with E-state index in [4.69, 9.17) is 5.11 Å². The zero-order chi connectivity index (χ0) is 23.5. The van der Waals surface area contributed by atoms with Gasteiger partial charge in [0, 0.05) is 13.1 Å². The van der Waals surface area contributed by atoms with Gasteiger partial charge in [-0.1, -0.05) is 60.7 Å². The number of benzene rings is 2. The lowest BCUT2D eigenvalue weighted by Gasteiger charge is -2.35. The average Bonchev–Trinajstić information content (AvgIpc) is 3.24. The summed E-state index contributed by atoms with van der Waals surface area (Å²) in [6, 6.07) is 19.1. The van der Waals surface area contributed by atoms with Gasteiger partial charge in [0.25, 0.3) is 0 Å². The van der Waals surface area contributed by atoms with E-state index in [9.17, 15) is 19.2 Å². The highest BCUT2D eigenvalue weighted by atomic mass is 16.4. The summed E-state index contributed by atoms with van der Waals surface area (Å²) in [5, 5.41) is 11.1. The van der Waals surface area contributed by atoms with Crippen LogP contribution in [-0.4, -0.2) is 46.8 Å². The Morgan fingerprint density at radius 2 is 1.27 bits per heavy atom. The first kappa shape index (κ1) is 21.1. The maximum Gasteiger partial charge on any atom is 0.404 e. The second-order valence-electron chi connectivity index (χ2n) is 9.23. The van der Waals surface area contributed by atoms with Crippen LogP contribution in [0.4, 0.5) is 4.79 Å². The summed E-state index contributed by atoms with van der Waals surface area (Å²) in [5.41, 5.74) is 1.01. The summed E-state index contributed by atoms with van der Waals surface area (Å²) < 4.78 is 0. The SMILES string of the molecule is CC12C(=O)C(C)(C(c3ccccc3)=C1c1ccccc1)C1C(=O)N(CCNC(=O)O)C(=O)C12. The number of amides is 3. The second-order valence-corrected chi connectivity index (χ2v) is 9.23. The van der Waals surface area contributed by atoms with Gasteiger partial charge in [0.1, 0.15) is 0 Å². The van der Waals surface area contributed by atoms with Gasteiger partial charge in [-0.25, -0.2) is 4.79 Å². The fourth-order valence-electron chi connectivity index (χ4n) is 6.36. The molecule has 1 heterocycles. The van der Waals surface area contributed by atoms with E-state index in [0.717, 1.165) is 27.2 Å². The number of likely N-dealkylation sites (tertiary alicyclic amines) is 1. The van der Waals surface area contributed by atoms with Crippen molar-refractivity contribution in [2.45, 2.75) is 13.8 Å². The number of hydrogen-bond acceptors (Lipinski definition) is 4. The predicted molar refractivity (Wildman–Crippen MR) is 121 cm³/mol. The molecule has 2 aliphatic carbocycles. The van der Waals surface area contributed by atoms with Crippen molar-refractivity contribution < 1.29 is 24.3 Å². The van der Waals surface area contributed by atoms with Crippen LogP contribution in [0.3, 0.4) is 0 Å². The van der Waals surface area contributed by atoms with Crippen LogP contribution in [0, 0.1) is 22.7 Å². The fraction of sp³-hybridized carbons (Fsp3) is 0.308. The molecular weight excluding hydrogens is 420 g/mol. The lowest BCUT2D eigenvalue weighted by Crippen LogP contribution is -2.43. The molecule has 2 fully saturated rings. The van der Waals surface area contributed by atoms with Crippen molar-refractivity contribution >= 4 is 34.8 Å². The van der Waals surface area contributed by atoms with Crippen LogP contribution in [0.15, 0.2) is 60.7 Å². The van der Waals surface area contributed by atoms with Gasteiger partial charge in [0.15, 0.2) is 5.78 Å². The molecule has 7 heteroatoms. The molecule has 2 aromatic carbocycles. The van der Waals surface area contributed by atoms with Crippen molar-refractivity contribution in [2.24, 2.45) is 22.7 Å². The molecule has 5 rings (SSSR count). The largest absolute Gasteiger partial charge is 0.465 e. The third-order valence-corrected chi connectivity index (χ3v) is 7.61. The molecule has 7 nitrogen and oxygen atoms in total. The zero-order valence-corrected chi connectivity index (χ0v) is 18.4. The Bertz CT molecular complexity index is 1140. The molecule has 2 aromatic rings. The highest BCUT2D eigenvalue weighted by molar-refractivity contribution is 6.29. The van der Waals surface area contributed by atoms with E-state index in [-0.39, 0.29) is 18.9 Å². The summed E-state index contributed by atoms with van der Waals surface area (Å²) in [4.78, 5) is 53.1. The van der Waals surface area contributed by atoms with Gasteiger partial charge in [0.2, 0.25) is 11.8 Å². The molecule has 0 spiro atoms. The number of nitrogens with one attached hydrogen (secondary N) is 1. The van der Waals surface area contributed by atoms with Crippen LogP contribution in [0.5, 0.6) is 0 Å². The van der Waals surface area contributed by atoms with Crippen LogP contribution in [0.2, 0.25) is 0 Å². The van der Waals surface area contributed by atoms with Crippen molar-refractivity contribution in [2.75, 3.05) is 13.1 Å². The Labute approximate surface area is 191 Å². The predicted octanol–water partition coefficient (Wildman–Crippen LogP) is 3.08. The molecule has 1 saturated carbocycles. The molecule has 0 radical (unpaired) electrons. The first-order valence-electron chi connectivity index (χ1n) is 11.0. The van der Waals surface area contributed by atoms with Crippen molar-refractivity contribution in [3.8, 4) is 0 Å². The van der Waals surface area contributed by atoms with Gasteiger partial charge >= 0.3 is 6.09 Å². The van der Waals surface area contributed by atoms with Crippen molar-refractivity contribution in [3.63, 3.8) is 0 Å². The Balaban J connectivity index is 1.70. The molecule has 1 saturated heterocycles. The maximum atomic E-state index is 14.0. The Hall–Kier alpha value is -3.74. The van der Waals surface area contributed by atoms with E-state index < -0.39 is 40.6 Å². The highest BCUT2D eigenvalue weighted by Crippen LogP contribution is 2.73. The van der Waals surface area contributed by atoms with E-state index >= 15 is 0 Å². The molecule has 2 bridgehead atoms. The summed E-state index contributed by atoms with van der Waals surface area (Å²) in [7, 11) is 0. The molecule has 1 aliphatic heterocycles. The van der Waals surface area contributed by atoms with Gasteiger partial charge in [-0.05, 0) is 36.1 Å². The van der Waals surface area contributed by atoms with Crippen LogP contribution >= 0.6 is 0 Å². The van der Waals surface area contributed by atoms with Gasteiger partial charge in [0.05, 0.1) is 22.7 Å². The van der Waals surface area contributed by atoms with Crippen molar-refractivity contribution in [1.82, 2.24) is 10.2 Å².